The van der Waals surface area contributed by atoms with E-state index in [1.54, 1.807) is 52.2 Å². The van der Waals surface area contributed by atoms with Gasteiger partial charge in [-0.25, -0.2) is 4.68 Å². The third-order valence-corrected chi connectivity index (χ3v) is 5.32. The van der Waals surface area contributed by atoms with Crippen LogP contribution in [0.3, 0.4) is 0 Å². The fourth-order valence-corrected chi connectivity index (χ4v) is 3.40. The quantitative estimate of drug-likeness (QED) is 0.257. The lowest BCUT2D eigenvalue weighted by Crippen LogP contribution is -2.15. The monoisotopic (exact) mass is 530 g/mol. The van der Waals surface area contributed by atoms with Gasteiger partial charge in [0.25, 0.3) is 11.6 Å². The van der Waals surface area contributed by atoms with Crippen LogP contribution in [0.4, 0.5) is 11.4 Å². The number of benzene rings is 2. The van der Waals surface area contributed by atoms with E-state index in [9.17, 15) is 14.9 Å². The molecule has 1 N–H and O–H groups in total. The highest BCUT2D eigenvalue weighted by Crippen LogP contribution is 2.31. The third kappa shape index (κ3) is 5.57. The molecule has 0 atom stereocenters. The van der Waals surface area contributed by atoms with E-state index in [1.165, 1.54) is 18.2 Å². The number of hydrogen-bond acceptors (Lipinski definition) is 6. The predicted octanol–water partition coefficient (Wildman–Crippen LogP) is 5.26. The smallest absolute Gasteiger partial charge is 0.276 e. The Morgan fingerprint density at radius 1 is 1.21 bits per heavy atom. The number of nitro benzene ring substituents is 1. The number of aryl methyl sites for hydroxylation is 1. The number of aromatic nitrogens is 4. The maximum absolute atomic E-state index is 12.7. The zero-order valence-electron chi connectivity index (χ0n) is 17.1. The Labute approximate surface area is 201 Å². The molecule has 4 aromatic rings. The number of carbonyl (C=O) groups excluding carboxylic acids is 1. The minimum absolute atomic E-state index is 0.142. The van der Waals surface area contributed by atoms with E-state index < -0.39 is 10.8 Å². The Morgan fingerprint density at radius 3 is 2.73 bits per heavy atom. The van der Waals surface area contributed by atoms with E-state index in [2.05, 4.69) is 31.4 Å². The van der Waals surface area contributed by atoms with Crippen LogP contribution in [0.2, 0.25) is 5.02 Å². The summed E-state index contributed by atoms with van der Waals surface area (Å²) < 4.78 is 9.76. The molecule has 0 bridgehead atoms. The lowest BCUT2D eigenvalue weighted by Gasteiger charge is -2.10. The lowest BCUT2D eigenvalue weighted by molar-refractivity contribution is -0.384. The minimum Gasteiger partial charge on any atom is -0.457 e. The molecule has 1 amide bonds. The zero-order valence-corrected chi connectivity index (χ0v) is 19.4. The van der Waals surface area contributed by atoms with Gasteiger partial charge in [0.2, 0.25) is 0 Å². The molecule has 0 saturated carbocycles. The van der Waals surface area contributed by atoms with Gasteiger partial charge in [0, 0.05) is 29.5 Å². The summed E-state index contributed by atoms with van der Waals surface area (Å²) in [6, 6.07) is 10.6. The normalized spacial score (nSPS) is 10.8. The maximum Gasteiger partial charge on any atom is 0.276 e. The highest BCUT2D eigenvalue weighted by molar-refractivity contribution is 9.10. The van der Waals surface area contributed by atoms with Crippen molar-refractivity contribution in [3.8, 4) is 11.5 Å². The molecule has 0 saturated heterocycles. The fourth-order valence-electron chi connectivity index (χ4n) is 2.96. The van der Waals surface area contributed by atoms with Gasteiger partial charge < -0.3 is 10.1 Å². The number of nitrogens with zero attached hydrogens (tertiary/aromatic N) is 5. The molecule has 10 nitrogen and oxygen atoms in total. The number of non-ortho nitro benzene ring substituents is 1. The van der Waals surface area contributed by atoms with Crippen molar-refractivity contribution in [2.75, 3.05) is 5.32 Å². The molecule has 33 heavy (non-hydrogen) atoms. The number of amides is 1. The second-order valence-electron chi connectivity index (χ2n) is 7.02. The number of nitrogens with one attached hydrogen (secondary N) is 1. The van der Waals surface area contributed by atoms with E-state index in [-0.39, 0.29) is 22.8 Å². The Kier molecular flexibility index (Phi) is 6.43. The standard InChI is InChI=1S/C21H16BrClN6O4/c1-13-6-17(2-3-19(13)23)33-18-8-15(7-16(9-18)29(31)32)25-21(30)20-4-5-27(26-20)12-28-11-14(22)10-24-28/h2-11H,12H2,1H3,(H,25,30). The van der Waals surface area contributed by atoms with Gasteiger partial charge in [-0.2, -0.15) is 10.2 Å². The van der Waals surface area contributed by atoms with Gasteiger partial charge in [0.1, 0.15) is 18.2 Å². The number of anilines is 1. The summed E-state index contributed by atoms with van der Waals surface area (Å²) in [5.41, 5.74) is 0.901. The Hall–Kier alpha value is -3.70. The van der Waals surface area contributed by atoms with Gasteiger partial charge in [-0.05, 0) is 52.7 Å². The molecule has 2 aromatic carbocycles. The Bertz CT molecular complexity index is 1350. The van der Waals surface area contributed by atoms with Crippen molar-refractivity contribution in [3.05, 3.63) is 91.9 Å². The molecule has 0 spiro atoms. The molecule has 0 unspecified atom stereocenters. The zero-order chi connectivity index (χ0) is 23.5. The Balaban J connectivity index is 1.52. The van der Waals surface area contributed by atoms with Crippen molar-refractivity contribution in [1.82, 2.24) is 19.6 Å². The summed E-state index contributed by atoms with van der Waals surface area (Å²) in [7, 11) is 0. The number of carbonyl (C=O) groups is 1. The van der Waals surface area contributed by atoms with Crippen molar-refractivity contribution >= 4 is 44.8 Å². The minimum atomic E-state index is -0.563. The molecule has 0 aliphatic rings. The van der Waals surface area contributed by atoms with Crippen LogP contribution in [0.1, 0.15) is 16.1 Å². The molecule has 2 heterocycles. The van der Waals surface area contributed by atoms with Gasteiger partial charge in [0.05, 0.1) is 27.3 Å². The average molecular weight is 532 g/mol. The van der Waals surface area contributed by atoms with Gasteiger partial charge in [0.15, 0.2) is 5.69 Å². The molecular formula is C21H16BrClN6O4. The molecule has 0 aliphatic heterocycles. The summed E-state index contributed by atoms with van der Waals surface area (Å²) in [6.45, 7) is 2.13. The lowest BCUT2D eigenvalue weighted by atomic mass is 10.2. The summed E-state index contributed by atoms with van der Waals surface area (Å²) in [4.78, 5) is 23.5. The van der Waals surface area contributed by atoms with Crippen molar-refractivity contribution in [3.63, 3.8) is 0 Å². The first-order chi connectivity index (χ1) is 15.8. The Morgan fingerprint density at radius 2 is 2.03 bits per heavy atom. The predicted molar refractivity (Wildman–Crippen MR) is 125 cm³/mol. The summed E-state index contributed by atoms with van der Waals surface area (Å²) in [5, 5.41) is 23.0. The molecular weight excluding hydrogens is 516 g/mol. The number of nitro groups is 1. The van der Waals surface area contributed by atoms with Gasteiger partial charge in [-0.1, -0.05) is 11.6 Å². The van der Waals surface area contributed by atoms with Crippen LogP contribution >= 0.6 is 27.5 Å². The van der Waals surface area contributed by atoms with E-state index in [4.69, 9.17) is 16.3 Å². The molecule has 168 valence electrons. The first kappa shape index (κ1) is 22.5. The first-order valence-corrected chi connectivity index (χ1v) is 10.7. The van der Waals surface area contributed by atoms with Crippen molar-refractivity contribution in [2.45, 2.75) is 13.6 Å². The molecule has 2 aromatic heterocycles. The van der Waals surface area contributed by atoms with E-state index >= 15 is 0 Å². The SMILES string of the molecule is Cc1cc(Oc2cc(NC(=O)c3ccn(Cn4cc(Br)cn4)n3)cc([N+](=O)[O-])c2)ccc1Cl. The average Bonchev–Trinajstić information content (AvgIpc) is 3.40. The van der Waals surface area contributed by atoms with Gasteiger partial charge in [-0.3, -0.25) is 19.6 Å². The second kappa shape index (κ2) is 9.43. The van der Waals surface area contributed by atoms with Gasteiger partial charge >= 0.3 is 0 Å². The molecule has 0 radical (unpaired) electrons. The molecule has 0 aliphatic carbocycles. The molecule has 0 fully saturated rings. The van der Waals surface area contributed by atoms with Crippen molar-refractivity contribution in [1.29, 1.82) is 0 Å². The third-order valence-electron chi connectivity index (χ3n) is 4.49. The second-order valence-corrected chi connectivity index (χ2v) is 8.34. The van der Waals surface area contributed by atoms with E-state index in [0.717, 1.165) is 10.0 Å². The highest BCUT2D eigenvalue weighted by atomic mass is 79.9. The van der Waals surface area contributed by atoms with Crippen LogP contribution in [-0.2, 0) is 6.67 Å². The highest BCUT2D eigenvalue weighted by Gasteiger charge is 2.16. The van der Waals surface area contributed by atoms with Crippen LogP contribution in [0.25, 0.3) is 0 Å². The molecule has 12 heteroatoms. The number of ether oxygens (including phenoxy) is 1. The van der Waals surface area contributed by atoms with Crippen LogP contribution in [-0.4, -0.2) is 30.4 Å². The number of rotatable bonds is 7. The maximum atomic E-state index is 12.7. The fraction of sp³-hybridized carbons (Fsp3) is 0.0952. The van der Waals surface area contributed by atoms with Crippen molar-refractivity contribution < 1.29 is 14.5 Å². The van der Waals surface area contributed by atoms with Crippen LogP contribution in [0.15, 0.2) is 65.5 Å². The summed E-state index contributed by atoms with van der Waals surface area (Å²) >= 11 is 9.35. The van der Waals surface area contributed by atoms with E-state index in [1.807, 2.05) is 6.92 Å². The van der Waals surface area contributed by atoms with Crippen LogP contribution in [0, 0.1) is 17.0 Å². The topological polar surface area (TPSA) is 117 Å². The van der Waals surface area contributed by atoms with Crippen LogP contribution in [0.5, 0.6) is 11.5 Å². The first-order valence-electron chi connectivity index (χ1n) is 9.53. The largest absolute Gasteiger partial charge is 0.457 e. The summed E-state index contributed by atoms with van der Waals surface area (Å²) in [5.74, 6) is 0.124. The molecule has 4 rings (SSSR count). The number of hydrogen-bond donors (Lipinski definition) is 1. The summed E-state index contributed by atoms with van der Waals surface area (Å²) in [6.07, 6.45) is 5.05. The van der Waals surface area contributed by atoms with E-state index in [0.29, 0.717) is 17.4 Å². The van der Waals surface area contributed by atoms with Gasteiger partial charge in [-0.15, -0.1) is 0 Å². The van der Waals surface area contributed by atoms with Crippen LogP contribution < -0.4 is 10.1 Å². The number of halogens is 2. The van der Waals surface area contributed by atoms with Crippen molar-refractivity contribution in [2.24, 2.45) is 0 Å².